The predicted molar refractivity (Wildman–Crippen MR) is 100 cm³/mol. The summed E-state index contributed by atoms with van der Waals surface area (Å²) in [4.78, 5) is 25.4. The van der Waals surface area contributed by atoms with Gasteiger partial charge in [-0.1, -0.05) is 55.8 Å². The summed E-state index contributed by atoms with van der Waals surface area (Å²) in [6, 6.07) is 7.39. The second-order valence-electron chi connectivity index (χ2n) is 6.88. The summed E-state index contributed by atoms with van der Waals surface area (Å²) in [7, 11) is 0. The molecule has 0 bridgehead atoms. The molecule has 138 valence electrons. The van der Waals surface area contributed by atoms with Crippen molar-refractivity contribution in [3.63, 3.8) is 0 Å². The molecule has 1 aliphatic rings. The van der Waals surface area contributed by atoms with E-state index in [0.717, 1.165) is 18.5 Å². The van der Waals surface area contributed by atoms with Gasteiger partial charge >= 0.3 is 0 Å². The molecule has 25 heavy (non-hydrogen) atoms. The van der Waals surface area contributed by atoms with Gasteiger partial charge in [0, 0.05) is 11.6 Å². The first-order valence-electron chi connectivity index (χ1n) is 9.04. The Balaban J connectivity index is 1.78. The fraction of sp³-hybridized carbons (Fsp3) is 0.579. The smallest absolute Gasteiger partial charge is 0.234 e. The highest BCUT2D eigenvalue weighted by Gasteiger charge is 2.17. The van der Waals surface area contributed by atoms with E-state index in [9.17, 15) is 9.59 Å². The third-order valence-electron chi connectivity index (χ3n) is 4.70. The van der Waals surface area contributed by atoms with Crippen molar-refractivity contribution < 1.29 is 9.59 Å². The average Bonchev–Trinajstić information content (AvgIpc) is 2.58. The van der Waals surface area contributed by atoms with Gasteiger partial charge < -0.3 is 11.1 Å². The van der Waals surface area contributed by atoms with Crippen LogP contribution in [-0.2, 0) is 16.1 Å². The molecular weight excluding hydrogens is 338 g/mol. The topological polar surface area (TPSA) is 75.4 Å². The Morgan fingerprint density at radius 2 is 1.96 bits per heavy atom. The maximum absolute atomic E-state index is 12.2. The number of rotatable bonds is 9. The molecule has 0 saturated heterocycles. The average molecular weight is 366 g/mol. The van der Waals surface area contributed by atoms with E-state index in [2.05, 4.69) is 5.32 Å². The summed E-state index contributed by atoms with van der Waals surface area (Å²) in [6.07, 6.45) is 7.44. The molecule has 2 amide bonds. The van der Waals surface area contributed by atoms with E-state index >= 15 is 0 Å². The van der Waals surface area contributed by atoms with Crippen LogP contribution in [0.25, 0.3) is 0 Å². The zero-order valence-electron chi connectivity index (χ0n) is 14.7. The van der Waals surface area contributed by atoms with Crippen molar-refractivity contribution in [1.29, 1.82) is 0 Å². The Kier molecular flexibility index (Phi) is 8.22. The normalized spacial score (nSPS) is 15.3. The molecule has 0 aliphatic heterocycles. The lowest BCUT2D eigenvalue weighted by Crippen LogP contribution is -2.42. The van der Waals surface area contributed by atoms with E-state index in [1.807, 2.05) is 23.1 Å². The monoisotopic (exact) mass is 365 g/mol. The lowest BCUT2D eigenvalue weighted by molar-refractivity contribution is -0.124. The van der Waals surface area contributed by atoms with Crippen LogP contribution < -0.4 is 11.1 Å². The number of benzene rings is 1. The van der Waals surface area contributed by atoms with E-state index in [4.69, 9.17) is 17.3 Å². The molecule has 1 fully saturated rings. The summed E-state index contributed by atoms with van der Waals surface area (Å²) < 4.78 is 0. The molecule has 0 heterocycles. The number of nitrogens with one attached hydrogen (secondary N) is 1. The van der Waals surface area contributed by atoms with Crippen LogP contribution in [0.2, 0.25) is 5.02 Å². The maximum atomic E-state index is 12.2. The van der Waals surface area contributed by atoms with Crippen molar-refractivity contribution in [2.75, 3.05) is 19.6 Å². The minimum atomic E-state index is -0.397. The van der Waals surface area contributed by atoms with Crippen LogP contribution in [0.5, 0.6) is 0 Å². The Hall–Kier alpha value is -1.59. The number of nitrogens with two attached hydrogens (primary N) is 1. The Bertz CT molecular complexity index is 574. The first-order valence-corrected chi connectivity index (χ1v) is 9.42. The first-order chi connectivity index (χ1) is 12.0. The largest absolute Gasteiger partial charge is 0.369 e. The Labute approximate surface area is 154 Å². The van der Waals surface area contributed by atoms with Crippen molar-refractivity contribution >= 4 is 23.4 Å². The molecular formula is C19H28ClN3O2. The molecule has 5 nitrogen and oxygen atoms in total. The third kappa shape index (κ3) is 7.88. The highest BCUT2D eigenvalue weighted by molar-refractivity contribution is 6.30. The van der Waals surface area contributed by atoms with Crippen molar-refractivity contribution in [1.82, 2.24) is 10.2 Å². The molecule has 1 aromatic carbocycles. The van der Waals surface area contributed by atoms with Crippen LogP contribution in [0, 0.1) is 5.92 Å². The van der Waals surface area contributed by atoms with Gasteiger partial charge in [-0.2, -0.15) is 0 Å². The maximum Gasteiger partial charge on any atom is 0.234 e. The molecule has 3 N–H and O–H groups in total. The summed E-state index contributed by atoms with van der Waals surface area (Å²) in [6.45, 7) is 1.47. The fourth-order valence-corrected chi connectivity index (χ4v) is 3.59. The Morgan fingerprint density at radius 3 is 2.64 bits per heavy atom. The summed E-state index contributed by atoms with van der Waals surface area (Å²) in [5.41, 5.74) is 6.28. The van der Waals surface area contributed by atoms with E-state index < -0.39 is 5.91 Å². The third-order valence-corrected chi connectivity index (χ3v) is 4.94. The molecule has 1 aromatic rings. The van der Waals surface area contributed by atoms with Crippen molar-refractivity contribution in [2.45, 2.75) is 45.1 Å². The van der Waals surface area contributed by atoms with Gasteiger partial charge in [0.05, 0.1) is 13.1 Å². The number of carbonyl (C=O) groups excluding carboxylic acids is 2. The second-order valence-corrected chi connectivity index (χ2v) is 7.31. The summed E-state index contributed by atoms with van der Waals surface area (Å²) in [5.74, 6) is 0.204. The Morgan fingerprint density at radius 1 is 1.20 bits per heavy atom. The molecule has 0 unspecified atom stereocenters. The van der Waals surface area contributed by atoms with Crippen molar-refractivity contribution in [3.05, 3.63) is 34.9 Å². The van der Waals surface area contributed by atoms with Crippen LogP contribution >= 0.6 is 11.6 Å². The highest BCUT2D eigenvalue weighted by atomic mass is 35.5. The number of hydrogen-bond donors (Lipinski definition) is 2. The van der Waals surface area contributed by atoms with Gasteiger partial charge in [0.25, 0.3) is 0 Å². The van der Waals surface area contributed by atoms with Gasteiger partial charge in [-0.25, -0.2) is 0 Å². The predicted octanol–water partition coefficient (Wildman–Crippen LogP) is 2.71. The standard InChI is InChI=1S/C19H28ClN3O2/c20-17-8-4-7-16(11-17)12-22-19(25)14-23(13-18(21)24)10-9-15-5-2-1-3-6-15/h4,7-8,11,15H,1-3,5-6,9-10,12-14H2,(H2,21,24)(H,22,25). The molecule has 2 rings (SSSR count). The van der Waals surface area contributed by atoms with Crippen molar-refractivity contribution in [2.24, 2.45) is 11.7 Å². The zero-order valence-corrected chi connectivity index (χ0v) is 15.4. The molecule has 1 aliphatic carbocycles. The lowest BCUT2D eigenvalue weighted by atomic mass is 9.87. The number of hydrogen-bond acceptors (Lipinski definition) is 3. The van der Waals surface area contributed by atoms with Crippen LogP contribution in [-0.4, -0.2) is 36.3 Å². The van der Waals surface area contributed by atoms with Crippen LogP contribution in [0.15, 0.2) is 24.3 Å². The van der Waals surface area contributed by atoms with Gasteiger partial charge in [0.1, 0.15) is 0 Å². The van der Waals surface area contributed by atoms with Crippen LogP contribution in [0.1, 0.15) is 44.1 Å². The minimum Gasteiger partial charge on any atom is -0.369 e. The van der Waals surface area contributed by atoms with Gasteiger partial charge in [-0.05, 0) is 36.6 Å². The van der Waals surface area contributed by atoms with E-state index in [1.54, 1.807) is 6.07 Å². The first kappa shape index (κ1) is 19.7. The van der Waals surface area contributed by atoms with E-state index in [1.165, 1.54) is 32.1 Å². The SMILES string of the molecule is NC(=O)CN(CCC1CCCCC1)CC(=O)NCc1cccc(Cl)c1. The zero-order chi connectivity index (χ0) is 18.1. The number of carbonyl (C=O) groups is 2. The van der Waals surface area contributed by atoms with Crippen LogP contribution in [0.3, 0.4) is 0 Å². The molecule has 0 spiro atoms. The number of nitrogens with zero attached hydrogens (tertiary/aromatic N) is 1. The van der Waals surface area contributed by atoms with Gasteiger partial charge in [0.2, 0.25) is 11.8 Å². The molecule has 0 atom stereocenters. The molecule has 6 heteroatoms. The quantitative estimate of drug-likeness (QED) is 0.706. The lowest BCUT2D eigenvalue weighted by Gasteiger charge is -2.26. The second kappa shape index (κ2) is 10.4. The summed E-state index contributed by atoms with van der Waals surface area (Å²) in [5, 5.41) is 3.52. The van der Waals surface area contributed by atoms with Gasteiger partial charge in [-0.3, -0.25) is 14.5 Å². The highest BCUT2D eigenvalue weighted by Crippen LogP contribution is 2.26. The van der Waals surface area contributed by atoms with E-state index in [-0.39, 0.29) is 19.0 Å². The molecule has 1 saturated carbocycles. The van der Waals surface area contributed by atoms with E-state index in [0.29, 0.717) is 17.5 Å². The number of amides is 2. The van der Waals surface area contributed by atoms with Gasteiger partial charge in [0.15, 0.2) is 0 Å². The van der Waals surface area contributed by atoms with Crippen LogP contribution in [0.4, 0.5) is 0 Å². The van der Waals surface area contributed by atoms with Crippen molar-refractivity contribution in [3.8, 4) is 0 Å². The molecule has 0 radical (unpaired) electrons. The minimum absolute atomic E-state index is 0.107. The number of primary amides is 1. The summed E-state index contributed by atoms with van der Waals surface area (Å²) >= 11 is 5.94. The fourth-order valence-electron chi connectivity index (χ4n) is 3.38. The number of halogens is 1. The van der Waals surface area contributed by atoms with Gasteiger partial charge in [-0.15, -0.1) is 0 Å². The molecule has 0 aromatic heterocycles.